The van der Waals surface area contributed by atoms with Gasteiger partial charge in [-0.3, -0.25) is 0 Å². The van der Waals surface area contributed by atoms with Crippen molar-refractivity contribution in [3.63, 3.8) is 0 Å². The number of rotatable bonds is 4. The number of hydrogen-bond donors (Lipinski definition) is 0. The molecule has 0 aliphatic rings. The van der Waals surface area contributed by atoms with E-state index < -0.39 is 5.97 Å². The molecule has 0 fully saturated rings. The summed E-state index contributed by atoms with van der Waals surface area (Å²) in [5.74, 6) is 0.472. The van der Waals surface area contributed by atoms with Crippen LogP contribution in [0, 0.1) is 0 Å². The van der Waals surface area contributed by atoms with E-state index in [0.29, 0.717) is 21.5 Å². The number of carbonyl (C=O) groups excluding carboxylic acids is 1. The Hall–Kier alpha value is -0.850. The van der Waals surface area contributed by atoms with E-state index in [4.69, 9.17) is 9.47 Å². The number of hydrogen-bond acceptors (Lipinski definition) is 3. The number of ether oxygens (including phenoxy) is 2. The van der Waals surface area contributed by atoms with Crippen LogP contribution < -0.4 is 9.47 Å². The Labute approximate surface area is 154 Å². The number of halogens is 3. The maximum atomic E-state index is 12.5. The fourth-order valence-electron chi connectivity index (χ4n) is 1.73. The molecule has 0 amide bonds. The van der Waals surface area contributed by atoms with E-state index in [1.807, 2.05) is 26.0 Å². The van der Waals surface area contributed by atoms with Gasteiger partial charge >= 0.3 is 5.97 Å². The molecule has 0 spiro atoms. The minimum absolute atomic E-state index is 0.0351. The van der Waals surface area contributed by atoms with Gasteiger partial charge in [-0.25, -0.2) is 4.79 Å². The topological polar surface area (TPSA) is 35.5 Å². The molecule has 0 aliphatic heterocycles. The summed E-state index contributed by atoms with van der Waals surface area (Å²) in [6.45, 7) is 3.81. The predicted octanol–water partition coefficient (Wildman–Crippen LogP) is 5.98. The fourth-order valence-corrected chi connectivity index (χ4v) is 3.22. The largest absolute Gasteiger partial charge is 0.490 e. The van der Waals surface area contributed by atoms with Crippen molar-refractivity contribution in [1.29, 1.82) is 0 Å². The maximum absolute atomic E-state index is 12.5. The lowest BCUT2D eigenvalue weighted by Crippen LogP contribution is -2.14. The monoisotopic (exact) mass is 490 g/mol. The molecule has 2 aromatic carbocycles. The molecule has 3 nitrogen and oxygen atoms in total. The maximum Gasteiger partial charge on any atom is 0.347 e. The highest BCUT2D eigenvalue weighted by molar-refractivity contribution is 9.11. The number of benzene rings is 2. The van der Waals surface area contributed by atoms with Crippen LogP contribution in [0.15, 0.2) is 49.8 Å². The molecule has 0 unspecified atom stereocenters. The number of carbonyl (C=O) groups is 1. The Bertz CT molecular complexity index is 699. The second-order valence-corrected chi connectivity index (χ2v) is 7.46. The standard InChI is InChI=1S/C16H13Br3O3/c1-9(2)21-14-5-3-10(17)7-12(14)16(20)22-15-6-4-11(18)8-13(15)19/h3-9H,1-2H3. The summed E-state index contributed by atoms with van der Waals surface area (Å²) >= 11 is 10.1. The van der Waals surface area contributed by atoms with Gasteiger partial charge in [0.15, 0.2) is 0 Å². The average Bonchev–Trinajstić information content (AvgIpc) is 2.43. The first-order valence-electron chi connectivity index (χ1n) is 6.50. The van der Waals surface area contributed by atoms with Crippen molar-refractivity contribution >= 4 is 53.8 Å². The van der Waals surface area contributed by atoms with E-state index >= 15 is 0 Å². The van der Waals surface area contributed by atoms with Crippen molar-refractivity contribution in [2.45, 2.75) is 20.0 Å². The third kappa shape index (κ3) is 4.57. The summed E-state index contributed by atoms with van der Waals surface area (Å²) < 4.78 is 13.5. The Morgan fingerprint density at radius 3 is 2.14 bits per heavy atom. The third-order valence-electron chi connectivity index (χ3n) is 2.62. The smallest absolute Gasteiger partial charge is 0.347 e. The first-order valence-corrected chi connectivity index (χ1v) is 8.88. The van der Waals surface area contributed by atoms with Crippen LogP contribution in [0.1, 0.15) is 24.2 Å². The van der Waals surface area contributed by atoms with Crippen LogP contribution in [0.4, 0.5) is 0 Å². The van der Waals surface area contributed by atoms with Crippen LogP contribution in [0.2, 0.25) is 0 Å². The molecular weight excluding hydrogens is 480 g/mol. The van der Waals surface area contributed by atoms with Gasteiger partial charge in [0.25, 0.3) is 0 Å². The molecule has 0 saturated carbocycles. The van der Waals surface area contributed by atoms with Gasteiger partial charge < -0.3 is 9.47 Å². The first kappa shape index (κ1) is 17.5. The lowest BCUT2D eigenvalue weighted by molar-refractivity contribution is 0.0727. The SMILES string of the molecule is CC(C)Oc1ccc(Br)cc1C(=O)Oc1ccc(Br)cc1Br. The zero-order chi connectivity index (χ0) is 16.3. The molecule has 116 valence electrons. The second-order valence-electron chi connectivity index (χ2n) is 4.77. The molecule has 0 heterocycles. The van der Waals surface area contributed by atoms with Crippen LogP contribution in [0.5, 0.6) is 11.5 Å². The van der Waals surface area contributed by atoms with Gasteiger partial charge in [0, 0.05) is 8.95 Å². The molecule has 2 aromatic rings. The highest BCUT2D eigenvalue weighted by Crippen LogP contribution is 2.31. The van der Waals surface area contributed by atoms with Crippen molar-refractivity contribution in [2.24, 2.45) is 0 Å². The molecule has 0 aliphatic carbocycles. The molecule has 2 rings (SSSR count). The second kappa shape index (κ2) is 7.62. The van der Waals surface area contributed by atoms with Crippen molar-refractivity contribution in [3.05, 3.63) is 55.4 Å². The minimum atomic E-state index is -0.472. The van der Waals surface area contributed by atoms with Crippen LogP contribution in [0.3, 0.4) is 0 Å². The van der Waals surface area contributed by atoms with Crippen LogP contribution >= 0.6 is 47.8 Å². The zero-order valence-electron chi connectivity index (χ0n) is 11.9. The van der Waals surface area contributed by atoms with Crippen LogP contribution in [0.25, 0.3) is 0 Å². The molecule has 0 aromatic heterocycles. The Kier molecular flexibility index (Phi) is 6.06. The molecule has 22 heavy (non-hydrogen) atoms. The van der Waals surface area contributed by atoms with Crippen molar-refractivity contribution in [2.75, 3.05) is 0 Å². The lowest BCUT2D eigenvalue weighted by Gasteiger charge is -2.14. The molecule has 0 N–H and O–H groups in total. The molecular formula is C16H13Br3O3. The molecule has 0 radical (unpaired) electrons. The Balaban J connectivity index is 2.30. The van der Waals surface area contributed by atoms with Crippen molar-refractivity contribution < 1.29 is 14.3 Å². The summed E-state index contributed by atoms with van der Waals surface area (Å²) in [7, 11) is 0. The normalized spacial score (nSPS) is 10.6. The summed E-state index contributed by atoms with van der Waals surface area (Å²) in [6.07, 6.45) is -0.0351. The van der Waals surface area contributed by atoms with Crippen molar-refractivity contribution in [3.8, 4) is 11.5 Å². The highest BCUT2D eigenvalue weighted by Gasteiger charge is 2.17. The average molecular weight is 493 g/mol. The van der Waals surface area contributed by atoms with E-state index in [-0.39, 0.29) is 6.10 Å². The molecule has 0 bridgehead atoms. The predicted molar refractivity (Wildman–Crippen MR) is 96.7 cm³/mol. The van der Waals surface area contributed by atoms with Gasteiger partial charge in [-0.2, -0.15) is 0 Å². The zero-order valence-corrected chi connectivity index (χ0v) is 16.7. The van der Waals surface area contributed by atoms with Crippen molar-refractivity contribution in [1.82, 2.24) is 0 Å². The number of esters is 1. The summed E-state index contributed by atoms with van der Waals surface area (Å²) in [5, 5.41) is 0. The molecule has 0 saturated heterocycles. The summed E-state index contributed by atoms with van der Waals surface area (Å²) in [5.41, 5.74) is 0.373. The molecule has 6 heteroatoms. The summed E-state index contributed by atoms with van der Waals surface area (Å²) in [6, 6.07) is 10.6. The first-order chi connectivity index (χ1) is 10.4. The van der Waals surface area contributed by atoms with E-state index in [1.54, 1.807) is 24.3 Å². The van der Waals surface area contributed by atoms with E-state index in [1.165, 1.54) is 0 Å². The Morgan fingerprint density at radius 2 is 1.55 bits per heavy atom. The van der Waals surface area contributed by atoms with Gasteiger partial charge in [0.05, 0.1) is 10.6 Å². The minimum Gasteiger partial charge on any atom is -0.490 e. The van der Waals surface area contributed by atoms with E-state index in [9.17, 15) is 4.79 Å². The van der Waals surface area contributed by atoms with Gasteiger partial charge in [0.2, 0.25) is 0 Å². The van der Waals surface area contributed by atoms with Gasteiger partial charge in [-0.05, 0) is 66.2 Å². The lowest BCUT2D eigenvalue weighted by atomic mass is 10.2. The van der Waals surface area contributed by atoms with Gasteiger partial charge in [0.1, 0.15) is 17.1 Å². The quantitative estimate of drug-likeness (QED) is 0.389. The van der Waals surface area contributed by atoms with E-state index in [2.05, 4.69) is 47.8 Å². The van der Waals surface area contributed by atoms with Gasteiger partial charge in [-0.1, -0.05) is 31.9 Å². The highest BCUT2D eigenvalue weighted by atomic mass is 79.9. The Morgan fingerprint density at radius 1 is 0.955 bits per heavy atom. The molecule has 0 atom stereocenters. The summed E-state index contributed by atoms with van der Waals surface area (Å²) in [4.78, 5) is 12.5. The van der Waals surface area contributed by atoms with Crippen LogP contribution in [-0.2, 0) is 0 Å². The fraction of sp³-hybridized carbons (Fsp3) is 0.188. The third-order valence-corrected chi connectivity index (χ3v) is 4.23. The van der Waals surface area contributed by atoms with Crippen LogP contribution in [-0.4, -0.2) is 12.1 Å². The van der Waals surface area contributed by atoms with Gasteiger partial charge in [-0.15, -0.1) is 0 Å². The van der Waals surface area contributed by atoms with E-state index in [0.717, 1.165) is 8.95 Å².